The van der Waals surface area contributed by atoms with Gasteiger partial charge in [-0.15, -0.1) is 0 Å². The molecule has 2 saturated carbocycles. The molecule has 21 heavy (non-hydrogen) atoms. The summed E-state index contributed by atoms with van der Waals surface area (Å²) in [6.45, 7) is 4.56. The smallest absolute Gasteiger partial charge is 0.0596 e. The lowest BCUT2D eigenvalue weighted by molar-refractivity contribution is -0.0226. The molecule has 114 valence electrons. The van der Waals surface area contributed by atoms with Crippen LogP contribution >= 0.6 is 11.6 Å². The van der Waals surface area contributed by atoms with E-state index >= 15 is 0 Å². The van der Waals surface area contributed by atoms with Gasteiger partial charge in [-0.25, -0.2) is 0 Å². The first-order valence-corrected chi connectivity index (χ1v) is 8.86. The van der Waals surface area contributed by atoms with Crippen LogP contribution in [0.2, 0.25) is 5.02 Å². The first-order valence-electron chi connectivity index (χ1n) is 8.48. The third-order valence-electron chi connectivity index (χ3n) is 7.02. The molecule has 0 saturated heterocycles. The van der Waals surface area contributed by atoms with Crippen molar-refractivity contribution in [2.24, 2.45) is 17.3 Å². The zero-order valence-electron chi connectivity index (χ0n) is 13.0. The molecule has 5 atom stereocenters. The van der Waals surface area contributed by atoms with Crippen molar-refractivity contribution in [1.82, 2.24) is 0 Å². The van der Waals surface area contributed by atoms with Gasteiger partial charge in [-0.05, 0) is 91.4 Å². The molecule has 3 aliphatic rings. The van der Waals surface area contributed by atoms with Crippen molar-refractivity contribution in [3.63, 3.8) is 0 Å². The van der Waals surface area contributed by atoms with E-state index in [1.807, 2.05) is 0 Å². The minimum absolute atomic E-state index is 0.0853. The van der Waals surface area contributed by atoms with E-state index in [4.69, 9.17) is 11.6 Å². The summed E-state index contributed by atoms with van der Waals surface area (Å²) in [6.07, 6.45) is 6.93. The molecule has 2 fully saturated rings. The molecule has 0 unspecified atom stereocenters. The Morgan fingerprint density at radius 3 is 2.81 bits per heavy atom. The number of aliphatic hydroxyl groups is 1. The summed E-state index contributed by atoms with van der Waals surface area (Å²) in [6, 6.07) is 4.27. The average molecular weight is 305 g/mol. The van der Waals surface area contributed by atoms with Crippen LogP contribution in [0.4, 0.5) is 0 Å². The van der Waals surface area contributed by atoms with Crippen LogP contribution in [-0.2, 0) is 6.42 Å². The Hall–Kier alpha value is -0.530. The first-order chi connectivity index (χ1) is 10.0. The Labute approximate surface area is 132 Å². The predicted octanol–water partition coefficient (Wildman–Crippen LogP) is 4.87. The fraction of sp³-hybridized carbons (Fsp3) is 0.684. The molecule has 0 radical (unpaired) electrons. The zero-order valence-corrected chi connectivity index (χ0v) is 13.8. The summed E-state index contributed by atoms with van der Waals surface area (Å²) in [7, 11) is 0. The van der Waals surface area contributed by atoms with Crippen molar-refractivity contribution in [2.45, 2.75) is 64.4 Å². The molecule has 0 amide bonds. The second-order valence-electron chi connectivity index (χ2n) is 7.81. The molecule has 1 nitrogen and oxygen atoms in total. The number of fused-ring (bicyclic) bond motifs is 5. The normalized spacial score (nSPS) is 41.3. The highest BCUT2D eigenvalue weighted by Gasteiger charge is 2.54. The first kappa shape index (κ1) is 14.1. The highest BCUT2D eigenvalue weighted by molar-refractivity contribution is 6.31. The van der Waals surface area contributed by atoms with Crippen LogP contribution in [-0.4, -0.2) is 11.2 Å². The summed E-state index contributed by atoms with van der Waals surface area (Å²) in [4.78, 5) is 0. The lowest BCUT2D eigenvalue weighted by Gasteiger charge is -2.50. The van der Waals surface area contributed by atoms with Gasteiger partial charge in [0.05, 0.1) is 6.10 Å². The highest BCUT2D eigenvalue weighted by atomic mass is 35.5. The largest absolute Gasteiger partial charge is 0.393 e. The van der Waals surface area contributed by atoms with Crippen LogP contribution in [0.25, 0.3) is 0 Å². The van der Waals surface area contributed by atoms with E-state index in [0.717, 1.165) is 23.8 Å². The maximum Gasteiger partial charge on any atom is 0.0596 e. The minimum atomic E-state index is -0.0853. The molecule has 4 rings (SSSR count). The lowest BCUT2D eigenvalue weighted by Crippen LogP contribution is -2.44. The average Bonchev–Trinajstić information content (AvgIpc) is 2.78. The Balaban J connectivity index is 1.77. The molecule has 1 aromatic rings. The standard InChI is InChI=1S/C19H25ClO/c1-11-3-7-16(20)18-12(11)4-5-13-14(18)9-10-19(2)15(13)6-8-17(19)21/h3,7,13-15,17,21H,4-6,8-10H2,1-2H3/t13-,14+,15+,17+,19+/m1/s1. The number of aliphatic hydroxyl groups excluding tert-OH is 1. The van der Waals surface area contributed by atoms with Gasteiger partial charge in [-0.1, -0.05) is 24.6 Å². The number of halogens is 1. The van der Waals surface area contributed by atoms with Gasteiger partial charge in [0.1, 0.15) is 0 Å². The molecular weight excluding hydrogens is 280 g/mol. The van der Waals surface area contributed by atoms with Gasteiger partial charge in [0.25, 0.3) is 0 Å². The van der Waals surface area contributed by atoms with Crippen LogP contribution in [0.5, 0.6) is 0 Å². The van der Waals surface area contributed by atoms with Gasteiger partial charge in [0.2, 0.25) is 0 Å². The van der Waals surface area contributed by atoms with E-state index in [9.17, 15) is 5.11 Å². The fourth-order valence-electron chi connectivity index (χ4n) is 5.81. The second kappa shape index (κ2) is 4.73. The van der Waals surface area contributed by atoms with Crippen LogP contribution in [0, 0.1) is 24.2 Å². The van der Waals surface area contributed by atoms with Crippen molar-refractivity contribution in [3.05, 3.63) is 33.8 Å². The molecular formula is C19H25ClO. The van der Waals surface area contributed by atoms with E-state index in [2.05, 4.69) is 26.0 Å². The summed E-state index contributed by atoms with van der Waals surface area (Å²) in [5.74, 6) is 2.05. The fourth-order valence-corrected chi connectivity index (χ4v) is 6.13. The highest BCUT2D eigenvalue weighted by Crippen LogP contribution is 2.61. The van der Waals surface area contributed by atoms with Crippen molar-refractivity contribution in [2.75, 3.05) is 0 Å². The number of hydrogen-bond donors (Lipinski definition) is 1. The third-order valence-corrected chi connectivity index (χ3v) is 7.35. The molecule has 0 spiro atoms. The zero-order chi connectivity index (χ0) is 14.8. The molecule has 1 aromatic carbocycles. The maximum atomic E-state index is 10.4. The quantitative estimate of drug-likeness (QED) is 0.725. The van der Waals surface area contributed by atoms with E-state index < -0.39 is 0 Å². The van der Waals surface area contributed by atoms with Crippen molar-refractivity contribution in [1.29, 1.82) is 0 Å². The van der Waals surface area contributed by atoms with E-state index in [1.54, 1.807) is 0 Å². The second-order valence-corrected chi connectivity index (χ2v) is 8.22. The maximum absolute atomic E-state index is 10.4. The Morgan fingerprint density at radius 2 is 2.00 bits per heavy atom. The number of hydrogen-bond acceptors (Lipinski definition) is 1. The lowest BCUT2D eigenvalue weighted by atomic mass is 9.55. The molecule has 3 aliphatic carbocycles. The summed E-state index contributed by atoms with van der Waals surface area (Å²) in [5.41, 5.74) is 4.55. The Bertz CT molecular complexity index is 581. The van der Waals surface area contributed by atoms with E-state index in [-0.39, 0.29) is 11.5 Å². The summed E-state index contributed by atoms with van der Waals surface area (Å²) >= 11 is 6.59. The van der Waals surface area contributed by atoms with Crippen LogP contribution < -0.4 is 0 Å². The predicted molar refractivity (Wildman–Crippen MR) is 86.8 cm³/mol. The van der Waals surface area contributed by atoms with Gasteiger partial charge in [-0.2, -0.15) is 0 Å². The van der Waals surface area contributed by atoms with Gasteiger partial charge >= 0.3 is 0 Å². The molecule has 0 heterocycles. The van der Waals surface area contributed by atoms with E-state index in [1.165, 1.54) is 42.4 Å². The molecule has 0 aromatic heterocycles. The van der Waals surface area contributed by atoms with Crippen molar-refractivity contribution in [3.8, 4) is 0 Å². The molecule has 1 N–H and O–H groups in total. The number of benzene rings is 1. The van der Waals surface area contributed by atoms with Crippen molar-refractivity contribution >= 4 is 11.6 Å². The number of aryl methyl sites for hydroxylation is 1. The van der Waals surface area contributed by atoms with Crippen LogP contribution in [0.1, 0.15) is 61.6 Å². The van der Waals surface area contributed by atoms with E-state index in [0.29, 0.717) is 11.8 Å². The summed E-state index contributed by atoms with van der Waals surface area (Å²) < 4.78 is 0. The van der Waals surface area contributed by atoms with Crippen molar-refractivity contribution < 1.29 is 5.11 Å². The molecule has 0 aliphatic heterocycles. The van der Waals surface area contributed by atoms with Gasteiger partial charge in [0, 0.05) is 5.02 Å². The monoisotopic (exact) mass is 304 g/mol. The Kier molecular flexibility index (Phi) is 3.17. The SMILES string of the molecule is Cc1ccc(Cl)c2c1CC[C@@H]1[C@@H]2CC[C@]2(C)[C@@H](O)CC[C@@H]12. The van der Waals surface area contributed by atoms with Crippen LogP contribution in [0.15, 0.2) is 12.1 Å². The van der Waals surface area contributed by atoms with Gasteiger partial charge in [-0.3, -0.25) is 0 Å². The molecule has 0 bridgehead atoms. The number of rotatable bonds is 0. The van der Waals surface area contributed by atoms with Gasteiger partial charge < -0.3 is 5.11 Å². The Morgan fingerprint density at radius 1 is 1.19 bits per heavy atom. The minimum Gasteiger partial charge on any atom is -0.393 e. The summed E-state index contributed by atoms with van der Waals surface area (Å²) in [5, 5.41) is 11.4. The third kappa shape index (κ3) is 1.86. The topological polar surface area (TPSA) is 20.2 Å². The van der Waals surface area contributed by atoms with Crippen LogP contribution in [0.3, 0.4) is 0 Å². The van der Waals surface area contributed by atoms with Gasteiger partial charge in [0.15, 0.2) is 0 Å². The molecule has 2 heteroatoms.